The zero-order valence-electron chi connectivity index (χ0n) is 17.1. The van der Waals surface area contributed by atoms with Gasteiger partial charge in [-0.1, -0.05) is 0 Å². The molecule has 0 saturated heterocycles. The van der Waals surface area contributed by atoms with Crippen molar-refractivity contribution in [1.29, 1.82) is 0 Å². The van der Waals surface area contributed by atoms with Crippen LogP contribution < -0.4 is 5.32 Å². The lowest BCUT2D eigenvalue weighted by atomic mass is 10.2. The minimum Gasteiger partial charge on any atom is -0.461 e. The standard InChI is InChI=1S/C18H24N8O4/c1-18(2,3)30-17(28)23-12(16(27)29-11-6-4-5-7-11)8-26-10-22-13-14(24-25-19)20-9-21-15(13)26/h9-12H,4-8H2,1-3H3,(H,23,28). The van der Waals surface area contributed by atoms with Crippen LogP contribution in [0.2, 0.25) is 0 Å². The van der Waals surface area contributed by atoms with Crippen molar-refractivity contribution in [2.24, 2.45) is 5.11 Å². The Morgan fingerprint density at radius 2 is 2.07 bits per heavy atom. The molecule has 0 spiro atoms. The van der Waals surface area contributed by atoms with E-state index in [0.29, 0.717) is 5.65 Å². The highest BCUT2D eigenvalue weighted by molar-refractivity contribution is 5.83. The number of ether oxygens (including phenoxy) is 2. The van der Waals surface area contributed by atoms with Gasteiger partial charge in [0.25, 0.3) is 0 Å². The van der Waals surface area contributed by atoms with Gasteiger partial charge in [-0.3, -0.25) is 0 Å². The first-order valence-corrected chi connectivity index (χ1v) is 9.68. The number of fused-ring (bicyclic) bond motifs is 1. The van der Waals surface area contributed by atoms with E-state index in [1.54, 1.807) is 25.3 Å². The molecule has 1 saturated carbocycles. The SMILES string of the molecule is CC(C)(C)OC(=O)NC(Cn1cnc2c(N=[N+]=[N-])ncnc21)C(=O)OC1CCCC1. The smallest absolute Gasteiger partial charge is 0.408 e. The molecule has 1 unspecified atom stereocenters. The number of amides is 1. The van der Waals surface area contributed by atoms with Crippen molar-refractivity contribution in [3.8, 4) is 0 Å². The fraction of sp³-hybridized carbons (Fsp3) is 0.611. The van der Waals surface area contributed by atoms with Crippen LogP contribution in [-0.2, 0) is 20.8 Å². The number of imidazole rings is 1. The first-order chi connectivity index (χ1) is 14.3. The molecule has 2 heterocycles. The molecule has 1 aliphatic rings. The Balaban J connectivity index is 1.83. The molecule has 1 amide bonds. The summed E-state index contributed by atoms with van der Waals surface area (Å²) in [6.07, 6.45) is 5.41. The van der Waals surface area contributed by atoms with Gasteiger partial charge in [-0.15, -0.1) is 0 Å². The second-order valence-electron chi connectivity index (χ2n) is 8.00. The van der Waals surface area contributed by atoms with Gasteiger partial charge in [-0.25, -0.2) is 24.5 Å². The quantitative estimate of drug-likeness (QED) is 0.328. The van der Waals surface area contributed by atoms with Crippen LogP contribution in [0.5, 0.6) is 0 Å². The van der Waals surface area contributed by atoms with Gasteiger partial charge in [-0.2, -0.15) is 0 Å². The van der Waals surface area contributed by atoms with E-state index in [-0.39, 0.29) is 24.0 Å². The summed E-state index contributed by atoms with van der Waals surface area (Å²) in [5, 5.41) is 6.07. The van der Waals surface area contributed by atoms with Gasteiger partial charge < -0.3 is 19.4 Å². The molecule has 12 heteroatoms. The predicted molar refractivity (Wildman–Crippen MR) is 106 cm³/mol. The number of azide groups is 1. The van der Waals surface area contributed by atoms with Crippen LogP contribution in [0.4, 0.5) is 10.6 Å². The topological polar surface area (TPSA) is 157 Å². The minimum atomic E-state index is -1.02. The Morgan fingerprint density at radius 1 is 1.33 bits per heavy atom. The molecule has 1 atom stereocenters. The normalized spacial score (nSPS) is 15.4. The van der Waals surface area contributed by atoms with Crippen LogP contribution in [0.1, 0.15) is 46.5 Å². The van der Waals surface area contributed by atoms with Gasteiger partial charge in [-0.05, 0) is 57.1 Å². The summed E-state index contributed by atoms with van der Waals surface area (Å²) in [6.45, 7) is 5.20. The van der Waals surface area contributed by atoms with Crippen LogP contribution in [0.25, 0.3) is 21.6 Å². The molecule has 0 aromatic carbocycles. The zero-order valence-corrected chi connectivity index (χ0v) is 17.1. The number of nitrogens with zero attached hydrogens (tertiary/aromatic N) is 7. The van der Waals surface area contributed by atoms with E-state index in [4.69, 9.17) is 15.0 Å². The summed E-state index contributed by atoms with van der Waals surface area (Å²) < 4.78 is 12.4. The number of esters is 1. The Bertz CT molecular complexity index is 970. The van der Waals surface area contributed by atoms with Gasteiger partial charge >= 0.3 is 12.1 Å². The molecular weight excluding hydrogens is 392 g/mol. The maximum Gasteiger partial charge on any atom is 0.408 e. The van der Waals surface area contributed by atoms with Gasteiger partial charge in [0.15, 0.2) is 11.5 Å². The third-order valence-corrected chi connectivity index (χ3v) is 4.46. The molecule has 2 aromatic heterocycles. The monoisotopic (exact) mass is 416 g/mol. The second kappa shape index (κ2) is 8.95. The highest BCUT2D eigenvalue weighted by atomic mass is 16.6. The summed E-state index contributed by atoms with van der Waals surface area (Å²) in [5.74, 6) is -0.481. The maximum atomic E-state index is 12.8. The number of nitrogens with one attached hydrogen (secondary N) is 1. The van der Waals surface area contributed by atoms with E-state index in [1.165, 1.54) is 12.7 Å². The van der Waals surface area contributed by atoms with Crippen molar-refractivity contribution in [3.05, 3.63) is 23.1 Å². The molecule has 1 aliphatic carbocycles. The molecule has 2 aromatic rings. The van der Waals surface area contributed by atoms with Gasteiger partial charge in [0.2, 0.25) is 0 Å². The highest BCUT2D eigenvalue weighted by Crippen LogP contribution is 2.23. The Morgan fingerprint density at radius 3 is 2.73 bits per heavy atom. The summed E-state index contributed by atoms with van der Waals surface area (Å²) in [6, 6.07) is -1.02. The number of rotatable bonds is 6. The third-order valence-electron chi connectivity index (χ3n) is 4.46. The molecule has 30 heavy (non-hydrogen) atoms. The van der Waals surface area contributed by atoms with E-state index >= 15 is 0 Å². The molecule has 0 radical (unpaired) electrons. The average molecular weight is 416 g/mol. The molecule has 160 valence electrons. The Labute approximate surface area is 172 Å². The van der Waals surface area contributed by atoms with Crippen molar-refractivity contribution in [2.45, 2.75) is 70.7 Å². The minimum absolute atomic E-state index is 0.00795. The van der Waals surface area contributed by atoms with E-state index in [9.17, 15) is 9.59 Å². The summed E-state index contributed by atoms with van der Waals surface area (Å²) >= 11 is 0. The van der Waals surface area contributed by atoms with Crippen molar-refractivity contribution in [1.82, 2.24) is 24.8 Å². The van der Waals surface area contributed by atoms with Gasteiger partial charge in [0.05, 0.1) is 12.9 Å². The zero-order chi connectivity index (χ0) is 21.7. The largest absolute Gasteiger partial charge is 0.461 e. The number of aromatic nitrogens is 4. The van der Waals surface area contributed by atoms with E-state index in [1.807, 2.05) is 0 Å². The summed E-state index contributed by atoms with van der Waals surface area (Å²) in [4.78, 5) is 40.0. The average Bonchev–Trinajstić information content (AvgIpc) is 3.30. The Hall–Kier alpha value is -3.40. The first kappa shape index (κ1) is 21.3. The number of carbonyl (C=O) groups excluding carboxylic acids is 2. The van der Waals surface area contributed by atoms with Crippen molar-refractivity contribution >= 4 is 29.0 Å². The highest BCUT2D eigenvalue weighted by Gasteiger charge is 2.29. The molecule has 12 nitrogen and oxygen atoms in total. The van der Waals surface area contributed by atoms with E-state index in [2.05, 4.69) is 30.3 Å². The number of hydrogen-bond acceptors (Lipinski definition) is 8. The number of alkyl carbamates (subject to hydrolysis) is 1. The van der Waals surface area contributed by atoms with Gasteiger partial charge in [0.1, 0.15) is 29.6 Å². The number of hydrogen-bond donors (Lipinski definition) is 1. The lowest BCUT2D eigenvalue weighted by Gasteiger charge is -2.24. The van der Waals surface area contributed by atoms with Crippen LogP contribution in [0, 0.1) is 0 Å². The molecule has 1 N–H and O–H groups in total. The molecule has 3 rings (SSSR count). The second-order valence-corrected chi connectivity index (χ2v) is 8.00. The first-order valence-electron chi connectivity index (χ1n) is 9.68. The van der Waals surface area contributed by atoms with E-state index < -0.39 is 23.7 Å². The predicted octanol–water partition coefficient (Wildman–Crippen LogP) is 3.15. The van der Waals surface area contributed by atoms with Crippen molar-refractivity contribution in [3.63, 3.8) is 0 Å². The van der Waals surface area contributed by atoms with E-state index in [0.717, 1.165) is 25.7 Å². The fourth-order valence-corrected chi connectivity index (χ4v) is 3.20. The van der Waals surface area contributed by atoms with Crippen molar-refractivity contribution < 1.29 is 19.1 Å². The van der Waals surface area contributed by atoms with Gasteiger partial charge in [0, 0.05) is 4.91 Å². The molecule has 0 aliphatic heterocycles. The lowest BCUT2D eigenvalue weighted by molar-refractivity contribution is -0.151. The molecule has 1 fully saturated rings. The molecule has 0 bridgehead atoms. The maximum absolute atomic E-state index is 12.8. The van der Waals surface area contributed by atoms with Crippen LogP contribution in [0.3, 0.4) is 0 Å². The number of carbonyl (C=O) groups is 2. The van der Waals surface area contributed by atoms with Crippen LogP contribution >= 0.6 is 0 Å². The summed E-state index contributed by atoms with van der Waals surface area (Å²) in [7, 11) is 0. The van der Waals surface area contributed by atoms with Crippen LogP contribution in [0.15, 0.2) is 17.8 Å². The lowest BCUT2D eigenvalue weighted by Crippen LogP contribution is -2.47. The van der Waals surface area contributed by atoms with Crippen LogP contribution in [-0.4, -0.2) is 49.3 Å². The molecular formula is C18H24N8O4. The summed E-state index contributed by atoms with van der Waals surface area (Å²) in [5.41, 5.74) is 8.60. The van der Waals surface area contributed by atoms with Crippen molar-refractivity contribution in [2.75, 3.05) is 0 Å². The fourth-order valence-electron chi connectivity index (χ4n) is 3.20. The third kappa shape index (κ3) is 5.35. The Kier molecular flexibility index (Phi) is 6.36.